The zero-order valence-electron chi connectivity index (χ0n) is 17.7. The van der Waals surface area contributed by atoms with Crippen LogP contribution in [0.25, 0.3) is 22.8 Å². The van der Waals surface area contributed by atoms with Gasteiger partial charge >= 0.3 is 5.97 Å². The van der Waals surface area contributed by atoms with Crippen LogP contribution in [-0.2, 0) is 15.2 Å². The molecule has 5 rings (SSSR count). The summed E-state index contributed by atoms with van der Waals surface area (Å²) in [7, 11) is 1.25. The Morgan fingerprint density at radius 3 is 2.42 bits per heavy atom. The number of Topliss-reactive ketones (excluding diaryl/α,β-unsaturated/α-hetero) is 1. The summed E-state index contributed by atoms with van der Waals surface area (Å²) in [6, 6.07) is 21.9. The smallest absolute Gasteiger partial charge is 0.355 e. The molecule has 0 radical (unpaired) electrons. The largest absolute Gasteiger partial charge is 0.466 e. The van der Waals surface area contributed by atoms with E-state index in [9.17, 15) is 14.0 Å². The first-order valence-electron chi connectivity index (χ1n) is 10.3. The van der Waals surface area contributed by atoms with Crippen molar-refractivity contribution in [1.29, 1.82) is 0 Å². The summed E-state index contributed by atoms with van der Waals surface area (Å²) in [5.74, 6) is -0.689. The molecule has 164 valence electrons. The molecular weight excluding hydrogens is 423 g/mol. The normalized spacial score (nSPS) is 16.3. The Morgan fingerprint density at radius 2 is 1.70 bits per heavy atom. The molecule has 1 aromatic heterocycles. The lowest BCUT2D eigenvalue weighted by molar-refractivity contribution is -0.150. The Labute approximate surface area is 188 Å². The summed E-state index contributed by atoms with van der Waals surface area (Å²) in [5.41, 5.74) is 0.713. The van der Waals surface area contributed by atoms with Crippen LogP contribution < -0.4 is 5.32 Å². The summed E-state index contributed by atoms with van der Waals surface area (Å²) in [6.07, 6.45) is -0.315. The highest BCUT2D eigenvalue weighted by Gasteiger charge is 2.50. The lowest BCUT2D eigenvalue weighted by atomic mass is 9.94. The molecule has 8 heteroatoms. The quantitative estimate of drug-likeness (QED) is 0.367. The van der Waals surface area contributed by atoms with E-state index in [0.717, 1.165) is 11.1 Å². The molecule has 0 fully saturated rings. The monoisotopic (exact) mass is 442 g/mol. The van der Waals surface area contributed by atoms with Gasteiger partial charge in [-0.3, -0.25) is 4.79 Å². The number of carbonyl (C=O) groups excluding carboxylic acids is 2. The first kappa shape index (κ1) is 20.6. The molecule has 0 saturated carbocycles. The van der Waals surface area contributed by atoms with E-state index in [1.54, 1.807) is 6.07 Å². The number of ether oxygens (including phenoxy) is 1. The number of benzene rings is 3. The number of aromatic nitrogens is 3. The van der Waals surface area contributed by atoms with Crippen molar-refractivity contribution in [3.8, 4) is 22.8 Å². The van der Waals surface area contributed by atoms with E-state index < -0.39 is 17.4 Å². The molecule has 1 aliphatic heterocycles. The van der Waals surface area contributed by atoms with Crippen molar-refractivity contribution in [3.63, 3.8) is 0 Å². The Hall–Kier alpha value is -4.33. The van der Waals surface area contributed by atoms with Crippen LogP contribution in [0.2, 0.25) is 0 Å². The third-order valence-corrected chi connectivity index (χ3v) is 5.62. The topological polar surface area (TPSA) is 86.1 Å². The summed E-state index contributed by atoms with van der Waals surface area (Å²) in [6.45, 7) is 0. The van der Waals surface area contributed by atoms with Crippen LogP contribution in [-0.4, -0.2) is 33.6 Å². The number of nitrogens with one attached hydrogen (secondary N) is 1. The van der Waals surface area contributed by atoms with E-state index in [0.29, 0.717) is 17.3 Å². The minimum absolute atomic E-state index is 0.269. The molecule has 3 aromatic carbocycles. The minimum Gasteiger partial charge on any atom is -0.466 e. The molecule has 0 bridgehead atoms. The Balaban J connectivity index is 1.69. The van der Waals surface area contributed by atoms with E-state index in [1.807, 2.05) is 48.5 Å². The van der Waals surface area contributed by atoms with Crippen LogP contribution in [0.5, 0.6) is 0 Å². The second kappa shape index (κ2) is 7.98. The van der Waals surface area contributed by atoms with E-state index in [2.05, 4.69) is 10.4 Å². The van der Waals surface area contributed by atoms with Gasteiger partial charge in [0.25, 0.3) is 0 Å². The van der Waals surface area contributed by atoms with Gasteiger partial charge in [0, 0.05) is 22.4 Å². The average molecular weight is 442 g/mol. The number of rotatable bonds is 5. The van der Waals surface area contributed by atoms with Gasteiger partial charge in [0.05, 0.1) is 13.5 Å². The fourth-order valence-electron chi connectivity index (χ4n) is 3.99. The molecule has 33 heavy (non-hydrogen) atoms. The molecule has 0 aliphatic carbocycles. The molecule has 0 unspecified atom stereocenters. The Morgan fingerprint density at radius 1 is 1.00 bits per heavy atom. The maximum atomic E-state index is 13.4. The molecule has 2 heterocycles. The van der Waals surface area contributed by atoms with Gasteiger partial charge in [0.15, 0.2) is 17.4 Å². The highest BCUT2D eigenvalue weighted by Crippen LogP contribution is 2.41. The van der Waals surface area contributed by atoms with Crippen molar-refractivity contribution in [2.24, 2.45) is 0 Å². The molecule has 4 aromatic rings. The lowest BCUT2D eigenvalue weighted by Gasteiger charge is -2.37. The highest BCUT2D eigenvalue weighted by atomic mass is 19.1. The van der Waals surface area contributed by atoms with Crippen LogP contribution in [0.15, 0.2) is 78.9 Å². The predicted octanol–water partition coefficient (Wildman–Crippen LogP) is 4.28. The fraction of sp³-hybridized carbons (Fsp3) is 0.120. The maximum absolute atomic E-state index is 13.4. The number of nitrogens with zero attached hydrogens (tertiary/aromatic N) is 3. The minimum atomic E-state index is -1.68. The van der Waals surface area contributed by atoms with Gasteiger partial charge in [-0.05, 0) is 36.4 Å². The molecule has 7 nitrogen and oxygen atoms in total. The SMILES string of the molecule is COC(=O)[C@@]1(CC(=O)c2ccc(F)cc2)Nc2ccccc2-c2nc(-c3ccccc3)nn21. The zero-order valence-corrected chi connectivity index (χ0v) is 17.7. The van der Waals surface area contributed by atoms with Crippen molar-refractivity contribution in [3.05, 3.63) is 90.2 Å². The van der Waals surface area contributed by atoms with E-state index in [4.69, 9.17) is 9.72 Å². The standard InChI is InChI=1S/C25H19FN4O3/c1-33-24(32)25(15-21(31)16-11-13-18(26)14-12-16)28-20-10-6-5-9-19(20)23-27-22(29-30(23)25)17-7-3-2-4-8-17/h2-14,28H,15H2,1H3/t25-/m0/s1. The summed E-state index contributed by atoms with van der Waals surface area (Å²) in [4.78, 5) is 31.2. The number of esters is 1. The number of ketones is 1. The molecule has 0 saturated heterocycles. The van der Waals surface area contributed by atoms with Crippen molar-refractivity contribution in [2.75, 3.05) is 12.4 Å². The van der Waals surface area contributed by atoms with Crippen LogP contribution in [0, 0.1) is 5.82 Å². The Kier molecular flexibility index (Phi) is 4.97. The summed E-state index contributed by atoms with van der Waals surface area (Å²) >= 11 is 0. The number of anilines is 1. The van der Waals surface area contributed by atoms with Crippen LogP contribution in [0.3, 0.4) is 0 Å². The second-order valence-electron chi connectivity index (χ2n) is 7.67. The van der Waals surface area contributed by atoms with Crippen molar-refractivity contribution in [1.82, 2.24) is 14.8 Å². The number of carbonyl (C=O) groups is 2. The number of methoxy groups -OCH3 is 1. The average Bonchev–Trinajstić information content (AvgIpc) is 3.31. The number of fused-ring (bicyclic) bond motifs is 3. The molecule has 1 aliphatic rings. The molecular formula is C25H19FN4O3. The van der Waals surface area contributed by atoms with Gasteiger partial charge in [-0.2, -0.15) is 0 Å². The van der Waals surface area contributed by atoms with Crippen LogP contribution in [0.4, 0.5) is 10.1 Å². The molecule has 1 atom stereocenters. The van der Waals surface area contributed by atoms with Gasteiger partial charge in [0.1, 0.15) is 5.82 Å². The van der Waals surface area contributed by atoms with Gasteiger partial charge in [-0.25, -0.2) is 18.9 Å². The van der Waals surface area contributed by atoms with Crippen LogP contribution in [0.1, 0.15) is 16.8 Å². The first-order valence-corrected chi connectivity index (χ1v) is 10.3. The molecule has 0 amide bonds. The van der Waals surface area contributed by atoms with Gasteiger partial charge in [-0.15, -0.1) is 5.10 Å². The van der Waals surface area contributed by atoms with Gasteiger partial charge in [-0.1, -0.05) is 42.5 Å². The maximum Gasteiger partial charge on any atom is 0.355 e. The highest BCUT2D eigenvalue weighted by molar-refractivity contribution is 6.01. The first-order chi connectivity index (χ1) is 16.0. The zero-order chi connectivity index (χ0) is 23.0. The van der Waals surface area contributed by atoms with Crippen molar-refractivity contribution >= 4 is 17.4 Å². The summed E-state index contributed by atoms with van der Waals surface area (Å²) < 4.78 is 19.9. The third kappa shape index (κ3) is 3.45. The number of hydrogen-bond donors (Lipinski definition) is 1. The second-order valence-corrected chi connectivity index (χ2v) is 7.67. The van der Waals surface area contributed by atoms with Crippen molar-refractivity contribution < 1.29 is 18.7 Å². The van der Waals surface area contributed by atoms with Crippen LogP contribution >= 0.6 is 0 Å². The Bertz CT molecular complexity index is 1350. The van der Waals surface area contributed by atoms with Gasteiger partial charge in [0.2, 0.25) is 5.66 Å². The number of para-hydroxylation sites is 1. The molecule has 1 N–H and O–H groups in total. The van der Waals surface area contributed by atoms with E-state index in [-0.39, 0.29) is 17.8 Å². The molecule has 0 spiro atoms. The van der Waals surface area contributed by atoms with Gasteiger partial charge < -0.3 is 10.1 Å². The predicted molar refractivity (Wildman–Crippen MR) is 120 cm³/mol. The van der Waals surface area contributed by atoms with E-state index in [1.165, 1.54) is 36.1 Å². The van der Waals surface area contributed by atoms with E-state index >= 15 is 0 Å². The number of hydrogen-bond acceptors (Lipinski definition) is 6. The fourth-order valence-corrected chi connectivity index (χ4v) is 3.99. The third-order valence-electron chi connectivity index (χ3n) is 5.62. The lowest BCUT2D eigenvalue weighted by Crippen LogP contribution is -2.53. The van der Waals surface area contributed by atoms with Crippen molar-refractivity contribution in [2.45, 2.75) is 12.1 Å². The number of halogens is 1. The summed E-state index contributed by atoms with van der Waals surface area (Å²) in [5, 5.41) is 7.82.